The predicted molar refractivity (Wildman–Crippen MR) is 224 cm³/mol. The molecule has 310 valence electrons. The number of esters is 2. The van der Waals surface area contributed by atoms with Gasteiger partial charge in [-0.1, -0.05) is 59.6 Å². The van der Waals surface area contributed by atoms with Gasteiger partial charge in [0.15, 0.2) is 0 Å². The average Bonchev–Trinajstić information content (AvgIpc) is 3.52. The third kappa shape index (κ3) is 7.84. The normalized spacial score (nSPS) is 41.7. The van der Waals surface area contributed by atoms with E-state index in [1.807, 2.05) is 0 Å². The van der Waals surface area contributed by atoms with Crippen LogP contribution in [0, 0.1) is 56.7 Å². The molecule has 7 fully saturated rings. The SMILES string of the molecule is C=C(C)[C@@H]1CC[C@]2(COC(=O)CCN3CCCCC3)CC[C@]3(C)[C@H](CC[C@@H]4[C@@]5(C)CCC(OC(=O)CCN6CCCCC6)C(C)(C)[C@@H]5CC[C@]43C)[C@@H]12.Cl.Cl. The van der Waals surface area contributed by atoms with E-state index in [0.717, 1.165) is 45.7 Å². The molecule has 54 heavy (non-hydrogen) atoms. The Morgan fingerprint density at radius 2 is 1.28 bits per heavy atom. The van der Waals surface area contributed by atoms with Gasteiger partial charge in [0.05, 0.1) is 19.4 Å². The van der Waals surface area contributed by atoms with Crippen LogP contribution >= 0.6 is 24.8 Å². The Labute approximate surface area is 342 Å². The van der Waals surface area contributed by atoms with Crippen LogP contribution in [0.2, 0.25) is 0 Å². The summed E-state index contributed by atoms with van der Waals surface area (Å²) in [6, 6.07) is 0. The Balaban J connectivity index is 0.00000280. The van der Waals surface area contributed by atoms with Crippen LogP contribution in [-0.2, 0) is 19.1 Å². The van der Waals surface area contributed by atoms with Crippen molar-refractivity contribution in [3.63, 3.8) is 0 Å². The molecule has 0 bridgehead atoms. The molecule has 7 rings (SSSR count). The van der Waals surface area contributed by atoms with Gasteiger partial charge in [0.25, 0.3) is 0 Å². The first-order valence-corrected chi connectivity index (χ1v) is 22.2. The van der Waals surface area contributed by atoms with Gasteiger partial charge in [-0.3, -0.25) is 9.59 Å². The quantitative estimate of drug-likeness (QED) is 0.162. The molecule has 0 radical (unpaired) electrons. The molecule has 1 unspecified atom stereocenters. The second-order valence-corrected chi connectivity index (χ2v) is 20.9. The van der Waals surface area contributed by atoms with E-state index < -0.39 is 0 Å². The van der Waals surface area contributed by atoms with Gasteiger partial charge in [-0.2, -0.15) is 0 Å². The van der Waals surface area contributed by atoms with E-state index >= 15 is 0 Å². The maximum absolute atomic E-state index is 13.2. The highest BCUT2D eigenvalue weighted by molar-refractivity contribution is 5.85. The molecule has 0 amide bonds. The minimum absolute atomic E-state index is 0. The zero-order valence-electron chi connectivity index (χ0n) is 35.2. The number of nitrogens with zero attached hydrogens (tertiary/aromatic N) is 2. The fourth-order valence-electron chi connectivity index (χ4n) is 15.1. The summed E-state index contributed by atoms with van der Waals surface area (Å²) in [7, 11) is 0. The Kier molecular flexibility index (Phi) is 14.1. The Morgan fingerprint density at radius 3 is 1.89 bits per heavy atom. The van der Waals surface area contributed by atoms with Gasteiger partial charge >= 0.3 is 11.9 Å². The number of carbonyl (C=O) groups is 2. The number of hydrogen-bond acceptors (Lipinski definition) is 6. The summed E-state index contributed by atoms with van der Waals surface area (Å²) in [4.78, 5) is 31.4. The summed E-state index contributed by atoms with van der Waals surface area (Å²) < 4.78 is 12.7. The van der Waals surface area contributed by atoms with E-state index in [2.05, 4.69) is 57.9 Å². The monoisotopic (exact) mass is 793 g/mol. The van der Waals surface area contributed by atoms with Crippen molar-refractivity contribution in [1.82, 2.24) is 9.80 Å². The average molecular weight is 794 g/mol. The van der Waals surface area contributed by atoms with Gasteiger partial charge in [0.2, 0.25) is 0 Å². The molecule has 5 aliphatic carbocycles. The van der Waals surface area contributed by atoms with Crippen LogP contribution in [0.15, 0.2) is 12.2 Å². The van der Waals surface area contributed by atoms with Crippen molar-refractivity contribution in [2.24, 2.45) is 56.7 Å². The molecule has 8 heteroatoms. The van der Waals surface area contributed by atoms with Crippen molar-refractivity contribution >= 4 is 36.8 Å². The van der Waals surface area contributed by atoms with Gasteiger partial charge in [-0.05, 0) is 169 Å². The number of allylic oxidation sites excluding steroid dienone is 1. The topological polar surface area (TPSA) is 59.1 Å². The third-order valence-corrected chi connectivity index (χ3v) is 18.1. The summed E-state index contributed by atoms with van der Waals surface area (Å²) in [5.41, 5.74) is 2.20. The number of hydrogen-bond donors (Lipinski definition) is 0. The zero-order chi connectivity index (χ0) is 36.9. The Hall–Kier alpha value is -0.820. The lowest BCUT2D eigenvalue weighted by atomic mass is 9.32. The van der Waals surface area contributed by atoms with E-state index in [-0.39, 0.29) is 69.9 Å². The zero-order valence-corrected chi connectivity index (χ0v) is 36.8. The van der Waals surface area contributed by atoms with Crippen molar-refractivity contribution < 1.29 is 19.1 Å². The molecule has 2 heterocycles. The van der Waals surface area contributed by atoms with E-state index in [0.29, 0.717) is 49.0 Å². The number of likely N-dealkylation sites (tertiary alicyclic amines) is 2. The minimum Gasteiger partial charge on any atom is -0.465 e. The van der Waals surface area contributed by atoms with E-state index in [9.17, 15) is 9.59 Å². The predicted octanol–water partition coefficient (Wildman–Crippen LogP) is 10.7. The molecule has 0 N–H and O–H groups in total. The second kappa shape index (κ2) is 17.2. The lowest BCUT2D eigenvalue weighted by Crippen LogP contribution is -2.67. The van der Waals surface area contributed by atoms with Crippen LogP contribution in [0.1, 0.15) is 157 Å². The van der Waals surface area contributed by atoms with E-state index in [1.165, 1.54) is 102 Å². The summed E-state index contributed by atoms with van der Waals surface area (Å²) in [5.74, 6) is 3.00. The highest BCUT2D eigenvalue weighted by atomic mass is 35.5. The maximum atomic E-state index is 13.2. The molecule has 2 aliphatic heterocycles. The van der Waals surface area contributed by atoms with Gasteiger partial charge in [-0.25, -0.2) is 0 Å². The molecule has 0 aromatic carbocycles. The lowest BCUT2D eigenvalue weighted by molar-refractivity contribution is -0.252. The van der Waals surface area contributed by atoms with Gasteiger partial charge in [0, 0.05) is 23.9 Å². The van der Waals surface area contributed by atoms with E-state index in [4.69, 9.17) is 9.47 Å². The first kappa shape index (κ1) is 44.3. The van der Waals surface area contributed by atoms with Crippen molar-refractivity contribution in [2.75, 3.05) is 45.9 Å². The molecule has 5 saturated carbocycles. The number of piperidine rings is 2. The number of rotatable bonds is 10. The number of fused-ring (bicyclic) bond motifs is 7. The standard InChI is InChI=1S/C46H76N2O4.2ClH/c1-33(2)34-16-23-46(32-51-39(49)19-30-47-26-10-8-11-27-47)25-24-44(6)35(41(34)46)14-15-37-43(5)21-18-38(42(3,4)36(43)17-22-45(37,44)7)52-40(50)20-31-48-28-12-9-13-29-48;;/h34-38,41H,1,8-32H2,2-7H3;2*1H/t34-,35+,36-,37+,38?,41+,43-,44+,45+,46+;;/m0../s1. The summed E-state index contributed by atoms with van der Waals surface area (Å²) in [6.07, 6.45) is 20.8. The van der Waals surface area contributed by atoms with Crippen molar-refractivity contribution in [3.8, 4) is 0 Å². The molecule has 0 spiro atoms. The molecular weight excluding hydrogens is 715 g/mol. The lowest BCUT2D eigenvalue weighted by Gasteiger charge is -2.73. The fraction of sp³-hybridized carbons (Fsp3) is 0.913. The molecule has 7 aliphatic rings. The Morgan fingerprint density at radius 1 is 0.667 bits per heavy atom. The van der Waals surface area contributed by atoms with Crippen molar-refractivity contribution in [3.05, 3.63) is 12.2 Å². The maximum Gasteiger partial charge on any atom is 0.307 e. The minimum atomic E-state index is -0.0248. The molecule has 0 aromatic heterocycles. The molecule has 10 atom stereocenters. The second-order valence-electron chi connectivity index (χ2n) is 20.9. The first-order chi connectivity index (χ1) is 24.7. The first-order valence-electron chi connectivity index (χ1n) is 22.2. The van der Waals surface area contributed by atoms with Crippen LogP contribution in [-0.4, -0.2) is 73.7 Å². The van der Waals surface area contributed by atoms with Crippen LogP contribution in [0.25, 0.3) is 0 Å². The summed E-state index contributed by atoms with van der Waals surface area (Å²) in [6.45, 7) is 26.6. The molecule has 0 aromatic rings. The van der Waals surface area contributed by atoms with E-state index in [1.54, 1.807) is 0 Å². The van der Waals surface area contributed by atoms with Crippen LogP contribution < -0.4 is 0 Å². The van der Waals surface area contributed by atoms with Crippen LogP contribution in [0.3, 0.4) is 0 Å². The number of halogens is 2. The smallest absolute Gasteiger partial charge is 0.307 e. The van der Waals surface area contributed by atoms with Gasteiger partial charge < -0.3 is 19.3 Å². The Bertz CT molecular complexity index is 1330. The molecule has 2 saturated heterocycles. The van der Waals surface area contributed by atoms with Gasteiger partial charge in [-0.15, -0.1) is 24.8 Å². The molecule has 6 nitrogen and oxygen atoms in total. The van der Waals surface area contributed by atoms with Crippen LogP contribution in [0.5, 0.6) is 0 Å². The van der Waals surface area contributed by atoms with Crippen molar-refractivity contribution in [1.29, 1.82) is 0 Å². The van der Waals surface area contributed by atoms with Crippen molar-refractivity contribution in [2.45, 2.75) is 163 Å². The summed E-state index contributed by atoms with van der Waals surface area (Å²) >= 11 is 0. The van der Waals surface area contributed by atoms with Gasteiger partial charge in [0.1, 0.15) is 6.10 Å². The highest BCUT2D eigenvalue weighted by Crippen LogP contribution is 2.77. The fourth-order valence-corrected chi connectivity index (χ4v) is 15.1. The molecular formula is C46H78Cl2N2O4. The van der Waals surface area contributed by atoms with Crippen LogP contribution in [0.4, 0.5) is 0 Å². The summed E-state index contributed by atoms with van der Waals surface area (Å²) in [5, 5.41) is 0. The number of carbonyl (C=O) groups excluding carboxylic acids is 2. The third-order valence-electron chi connectivity index (χ3n) is 18.1. The highest BCUT2D eigenvalue weighted by Gasteiger charge is 2.71. The number of ether oxygens (including phenoxy) is 2. The largest absolute Gasteiger partial charge is 0.465 e.